The third-order valence-corrected chi connectivity index (χ3v) is 3.40. The van der Waals surface area contributed by atoms with E-state index in [1.54, 1.807) is 36.5 Å². The number of carbonyl (C=O) groups excluding carboxylic acids is 1. The van der Waals surface area contributed by atoms with Crippen LogP contribution < -0.4 is 5.73 Å². The van der Waals surface area contributed by atoms with Gasteiger partial charge < -0.3 is 15.4 Å². The number of carbonyl (C=O) groups is 1. The Hall–Kier alpha value is -1.33. The van der Waals surface area contributed by atoms with Crippen LogP contribution in [-0.4, -0.2) is 28.1 Å². The van der Waals surface area contributed by atoms with Gasteiger partial charge in [-0.15, -0.1) is 12.4 Å². The Morgan fingerprint density at radius 1 is 1.38 bits per heavy atom. The van der Waals surface area contributed by atoms with E-state index in [4.69, 9.17) is 22.4 Å². The summed E-state index contributed by atoms with van der Waals surface area (Å²) in [5.41, 5.74) is 7.79. The van der Waals surface area contributed by atoms with Crippen molar-refractivity contribution in [2.24, 2.45) is 12.8 Å². The molecule has 2 rings (SSSR count). The summed E-state index contributed by atoms with van der Waals surface area (Å²) in [6.45, 7) is -0.0806. The number of hydrogen-bond donors (Lipinski definition) is 2. The van der Waals surface area contributed by atoms with Crippen LogP contribution in [0.1, 0.15) is 21.6 Å². The van der Waals surface area contributed by atoms with Gasteiger partial charge in [-0.3, -0.25) is 4.79 Å². The first kappa shape index (κ1) is 17.7. The van der Waals surface area contributed by atoms with Crippen molar-refractivity contribution in [1.82, 2.24) is 4.57 Å². The lowest BCUT2D eigenvalue weighted by Gasteiger charge is -2.08. The van der Waals surface area contributed by atoms with Crippen molar-refractivity contribution >= 4 is 29.8 Å². The topological polar surface area (TPSA) is 68.2 Å². The number of rotatable bonds is 5. The van der Waals surface area contributed by atoms with Gasteiger partial charge in [0.05, 0.1) is 6.61 Å². The van der Waals surface area contributed by atoms with Crippen LogP contribution in [0.3, 0.4) is 0 Å². The standard InChI is InChI=1S/C15H17ClN2O2.ClH/c1-18-8-11(6-14(18)7-13(17)9-19)15(20)10-3-2-4-12(16)5-10;/h2-6,8,13,19H,7,9,17H2,1H3;1H. The molecule has 1 aromatic carbocycles. The predicted molar refractivity (Wildman–Crippen MR) is 86.3 cm³/mol. The normalized spacial score (nSPS) is 11.8. The van der Waals surface area contributed by atoms with Gasteiger partial charge in [-0.05, 0) is 18.2 Å². The second kappa shape index (κ2) is 7.61. The van der Waals surface area contributed by atoms with Crippen molar-refractivity contribution in [2.45, 2.75) is 12.5 Å². The van der Waals surface area contributed by atoms with Crippen LogP contribution in [-0.2, 0) is 13.5 Å². The maximum atomic E-state index is 12.4. The number of aliphatic hydroxyl groups excluding tert-OH is 1. The molecule has 0 aliphatic heterocycles. The van der Waals surface area contributed by atoms with Crippen LogP contribution in [0.2, 0.25) is 5.02 Å². The number of nitrogens with two attached hydrogens (primary N) is 1. The van der Waals surface area contributed by atoms with Crippen molar-refractivity contribution in [1.29, 1.82) is 0 Å². The Balaban J connectivity index is 0.00000220. The van der Waals surface area contributed by atoms with Crippen LogP contribution in [0.25, 0.3) is 0 Å². The average Bonchev–Trinajstić information content (AvgIpc) is 2.79. The Labute approximate surface area is 134 Å². The number of ketones is 1. The lowest BCUT2D eigenvalue weighted by molar-refractivity contribution is 0.103. The number of aryl methyl sites for hydroxylation is 1. The van der Waals surface area contributed by atoms with Gasteiger partial charge in [0.15, 0.2) is 5.78 Å². The third-order valence-electron chi connectivity index (χ3n) is 3.16. The molecule has 0 saturated heterocycles. The lowest BCUT2D eigenvalue weighted by atomic mass is 10.1. The van der Waals surface area contributed by atoms with Crippen LogP contribution >= 0.6 is 24.0 Å². The number of aromatic nitrogens is 1. The Kier molecular flexibility index (Phi) is 6.42. The molecule has 0 fully saturated rings. The molecule has 114 valence electrons. The van der Waals surface area contributed by atoms with Gasteiger partial charge in [-0.2, -0.15) is 0 Å². The molecule has 1 aromatic heterocycles. The minimum atomic E-state index is -0.322. The van der Waals surface area contributed by atoms with Crippen molar-refractivity contribution in [3.63, 3.8) is 0 Å². The van der Waals surface area contributed by atoms with Crippen molar-refractivity contribution in [3.05, 3.63) is 58.4 Å². The zero-order valence-corrected chi connectivity index (χ0v) is 13.2. The molecule has 1 atom stereocenters. The van der Waals surface area contributed by atoms with Crippen molar-refractivity contribution in [3.8, 4) is 0 Å². The molecule has 0 saturated carbocycles. The highest BCUT2D eigenvalue weighted by atomic mass is 35.5. The summed E-state index contributed by atoms with van der Waals surface area (Å²) >= 11 is 5.90. The van der Waals surface area contributed by atoms with E-state index in [9.17, 15) is 4.79 Å². The molecule has 0 aliphatic rings. The summed E-state index contributed by atoms with van der Waals surface area (Å²) in [6.07, 6.45) is 2.29. The smallest absolute Gasteiger partial charge is 0.194 e. The molecule has 0 aliphatic carbocycles. The summed E-state index contributed by atoms with van der Waals surface area (Å²) in [7, 11) is 1.86. The van der Waals surface area contributed by atoms with Gasteiger partial charge in [0, 0.05) is 47.6 Å². The molecule has 0 radical (unpaired) electrons. The fraction of sp³-hybridized carbons (Fsp3) is 0.267. The van der Waals surface area contributed by atoms with E-state index >= 15 is 0 Å². The fourth-order valence-electron chi connectivity index (χ4n) is 2.07. The highest BCUT2D eigenvalue weighted by molar-refractivity contribution is 6.31. The van der Waals surface area contributed by atoms with Gasteiger partial charge in [-0.1, -0.05) is 23.7 Å². The number of nitrogens with zero attached hydrogens (tertiary/aromatic N) is 1. The van der Waals surface area contributed by atoms with Gasteiger partial charge in [0.2, 0.25) is 0 Å². The summed E-state index contributed by atoms with van der Waals surface area (Å²) in [5, 5.41) is 9.53. The van der Waals surface area contributed by atoms with Gasteiger partial charge in [0.1, 0.15) is 0 Å². The molecule has 4 nitrogen and oxygen atoms in total. The Bertz CT molecular complexity index is 626. The van der Waals surface area contributed by atoms with Crippen LogP contribution in [0.4, 0.5) is 0 Å². The van der Waals surface area contributed by atoms with Gasteiger partial charge >= 0.3 is 0 Å². The maximum absolute atomic E-state index is 12.4. The zero-order chi connectivity index (χ0) is 14.7. The fourth-order valence-corrected chi connectivity index (χ4v) is 2.26. The number of halogens is 2. The summed E-state index contributed by atoms with van der Waals surface area (Å²) in [6, 6.07) is 8.35. The van der Waals surface area contributed by atoms with E-state index < -0.39 is 0 Å². The molecule has 3 N–H and O–H groups in total. The maximum Gasteiger partial charge on any atom is 0.194 e. The Morgan fingerprint density at radius 3 is 2.71 bits per heavy atom. The van der Waals surface area contributed by atoms with Crippen LogP contribution in [0, 0.1) is 0 Å². The van der Waals surface area contributed by atoms with E-state index in [0.717, 1.165) is 5.69 Å². The predicted octanol–water partition coefficient (Wildman–Crippen LogP) is 2.19. The zero-order valence-electron chi connectivity index (χ0n) is 11.6. The molecule has 2 aromatic rings. The summed E-state index contributed by atoms with van der Waals surface area (Å²) in [5.74, 6) is -0.0769. The first-order valence-electron chi connectivity index (χ1n) is 6.33. The molecular formula is C15H18Cl2N2O2. The number of hydrogen-bond acceptors (Lipinski definition) is 3. The molecule has 0 spiro atoms. The highest BCUT2D eigenvalue weighted by Gasteiger charge is 2.14. The quantitative estimate of drug-likeness (QED) is 0.827. The van der Waals surface area contributed by atoms with E-state index in [0.29, 0.717) is 22.6 Å². The monoisotopic (exact) mass is 328 g/mol. The first-order chi connectivity index (χ1) is 9.51. The molecule has 1 unspecified atom stereocenters. The molecular weight excluding hydrogens is 311 g/mol. The van der Waals surface area contributed by atoms with Gasteiger partial charge in [0.25, 0.3) is 0 Å². The second-order valence-corrected chi connectivity index (χ2v) is 5.25. The van der Waals surface area contributed by atoms with E-state index in [-0.39, 0.29) is 30.8 Å². The minimum Gasteiger partial charge on any atom is -0.395 e. The summed E-state index contributed by atoms with van der Waals surface area (Å²) < 4.78 is 1.85. The molecule has 0 bridgehead atoms. The largest absolute Gasteiger partial charge is 0.395 e. The van der Waals surface area contributed by atoms with Crippen molar-refractivity contribution in [2.75, 3.05) is 6.61 Å². The molecule has 1 heterocycles. The Morgan fingerprint density at radius 2 is 2.10 bits per heavy atom. The highest BCUT2D eigenvalue weighted by Crippen LogP contribution is 2.17. The lowest BCUT2D eigenvalue weighted by Crippen LogP contribution is -2.27. The summed E-state index contributed by atoms with van der Waals surface area (Å²) in [4.78, 5) is 12.4. The minimum absolute atomic E-state index is 0. The average molecular weight is 329 g/mol. The van der Waals surface area contributed by atoms with E-state index in [1.807, 2.05) is 11.6 Å². The molecule has 21 heavy (non-hydrogen) atoms. The first-order valence-corrected chi connectivity index (χ1v) is 6.71. The van der Waals surface area contributed by atoms with Gasteiger partial charge in [-0.25, -0.2) is 0 Å². The molecule has 6 heteroatoms. The molecule has 0 amide bonds. The number of aliphatic hydroxyl groups is 1. The van der Waals surface area contributed by atoms with Crippen LogP contribution in [0.15, 0.2) is 36.5 Å². The van der Waals surface area contributed by atoms with E-state index in [1.165, 1.54) is 0 Å². The van der Waals surface area contributed by atoms with Crippen molar-refractivity contribution < 1.29 is 9.90 Å². The SMILES string of the molecule is Cl.Cn1cc(C(=O)c2cccc(Cl)c2)cc1CC(N)CO. The van der Waals surface area contributed by atoms with E-state index in [2.05, 4.69) is 0 Å². The van der Waals surface area contributed by atoms with Crippen LogP contribution in [0.5, 0.6) is 0 Å². The number of benzene rings is 1. The second-order valence-electron chi connectivity index (χ2n) is 4.82. The third kappa shape index (κ3) is 4.32.